The van der Waals surface area contributed by atoms with Gasteiger partial charge in [-0.1, -0.05) is 24.3 Å². The van der Waals surface area contributed by atoms with Crippen molar-refractivity contribution in [2.75, 3.05) is 26.7 Å². The predicted octanol–water partition coefficient (Wildman–Crippen LogP) is 4.90. The van der Waals surface area contributed by atoms with Gasteiger partial charge in [0, 0.05) is 21.6 Å². The lowest BCUT2D eigenvalue weighted by atomic mass is 9.76. The Morgan fingerprint density at radius 2 is 1.00 bits per heavy atom. The van der Waals surface area contributed by atoms with Crippen molar-refractivity contribution in [3.8, 4) is 0 Å². The van der Waals surface area contributed by atoms with Gasteiger partial charge in [-0.15, -0.1) is 23.5 Å². The zero-order chi connectivity index (χ0) is 28.0. The highest BCUT2D eigenvalue weighted by Crippen LogP contribution is 2.41. The van der Waals surface area contributed by atoms with Crippen LogP contribution in [-0.2, 0) is 28.7 Å². The van der Waals surface area contributed by atoms with Crippen LogP contribution < -0.4 is 0 Å². The Balaban J connectivity index is 2.13. The first-order valence-corrected chi connectivity index (χ1v) is 14.0. The average molecular weight is 557 g/mol. The predicted molar refractivity (Wildman–Crippen MR) is 145 cm³/mol. The Morgan fingerprint density at radius 1 is 0.684 bits per heavy atom. The largest absolute Gasteiger partial charge is 0.504 e. The molecule has 1 aliphatic carbocycles. The third-order valence-electron chi connectivity index (χ3n) is 6.36. The number of thioether (sulfide) groups is 2. The quantitative estimate of drug-likeness (QED) is 0.237. The summed E-state index contributed by atoms with van der Waals surface area (Å²) < 4.78 is 9.57. The van der Waals surface area contributed by atoms with Crippen LogP contribution in [0.3, 0.4) is 0 Å². The molecule has 0 aromatic heterocycles. The first kappa shape index (κ1) is 29.1. The standard InChI is InChI=1S/C28H28O8S2/c1-35-21(29)13-19(15-5-9-17(37-3)10-6-15)23-25(31)27(33)24(28(34)26(23)32)20(14-22(30)36-2)16-7-11-18(38-4)12-8-16/h5-12,19-20,31,34H,13-14H2,1-4H3/t19-,20-/m1/s1. The fourth-order valence-corrected chi connectivity index (χ4v) is 5.12. The van der Waals surface area contributed by atoms with E-state index in [0.29, 0.717) is 11.1 Å². The first-order chi connectivity index (χ1) is 18.2. The van der Waals surface area contributed by atoms with Crippen molar-refractivity contribution in [2.45, 2.75) is 34.5 Å². The van der Waals surface area contributed by atoms with Gasteiger partial charge in [-0.2, -0.15) is 0 Å². The van der Waals surface area contributed by atoms with Crippen molar-refractivity contribution in [3.05, 3.63) is 82.3 Å². The second-order valence-electron chi connectivity index (χ2n) is 8.39. The maximum absolute atomic E-state index is 13.5. The highest BCUT2D eigenvalue weighted by Gasteiger charge is 2.43. The number of esters is 2. The molecule has 0 amide bonds. The van der Waals surface area contributed by atoms with Gasteiger partial charge >= 0.3 is 11.9 Å². The van der Waals surface area contributed by atoms with Crippen LogP contribution in [0.1, 0.15) is 35.8 Å². The minimum absolute atomic E-state index is 0.349. The topological polar surface area (TPSA) is 127 Å². The molecule has 2 aromatic rings. The van der Waals surface area contributed by atoms with Crippen molar-refractivity contribution in [1.82, 2.24) is 0 Å². The molecule has 1 aliphatic rings. The molecule has 3 rings (SSSR count). The maximum atomic E-state index is 13.5. The van der Waals surface area contributed by atoms with E-state index in [1.165, 1.54) is 37.7 Å². The summed E-state index contributed by atoms with van der Waals surface area (Å²) >= 11 is 2.99. The Kier molecular flexibility index (Phi) is 9.82. The van der Waals surface area contributed by atoms with E-state index in [-0.39, 0.29) is 12.8 Å². The van der Waals surface area contributed by atoms with Gasteiger partial charge in [-0.05, 0) is 47.9 Å². The fourth-order valence-electron chi connectivity index (χ4n) is 4.31. The Labute approximate surface area is 229 Å². The van der Waals surface area contributed by atoms with Crippen molar-refractivity contribution in [2.24, 2.45) is 0 Å². The van der Waals surface area contributed by atoms with Gasteiger partial charge in [0.25, 0.3) is 0 Å². The second-order valence-corrected chi connectivity index (χ2v) is 10.2. The molecule has 0 unspecified atom stereocenters. The van der Waals surface area contributed by atoms with Crippen LogP contribution in [0.4, 0.5) is 0 Å². The van der Waals surface area contributed by atoms with E-state index < -0.39 is 58.0 Å². The molecule has 2 aromatic carbocycles. The number of rotatable bonds is 10. The summed E-state index contributed by atoms with van der Waals surface area (Å²) in [7, 11) is 2.38. The van der Waals surface area contributed by atoms with Crippen LogP contribution >= 0.6 is 23.5 Å². The van der Waals surface area contributed by atoms with Crippen LogP contribution in [0.2, 0.25) is 0 Å². The number of hydrogen-bond donors (Lipinski definition) is 2. The molecule has 0 heterocycles. The highest BCUT2D eigenvalue weighted by atomic mass is 32.2. The lowest BCUT2D eigenvalue weighted by molar-refractivity contribution is -0.142. The number of ketones is 2. The van der Waals surface area contributed by atoms with Gasteiger partial charge in [0.05, 0.1) is 38.2 Å². The van der Waals surface area contributed by atoms with E-state index in [1.807, 2.05) is 12.5 Å². The number of aliphatic hydroxyl groups excluding tert-OH is 2. The number of carbonyl (C=O) groups is 4. The molecule has 0 fully saturated rings. The zero-order valence-electron chi connectivity index (χ0n) is 21.3. The van der Waals surface area contributed by atoms with Crippen molar-refractivity contribution < 1.29 is 38.9 Å². The molecule has 0 radical (unpaired) electrons. The summed E-state index contributed by atoms with van der Waals surface area (Å²) in [6.07, 6.45) is 3.08. The molecule has 0 aliphatic heterocycles. The molecule has 0 saturated carbocycles. The van der Waals surface area contributed by atoms with Gasteiger partial charge < -0.3 is 19.7 Å². The molecule has 2 atom stereocenters. The molecule has 0 bridgehead atoms. The number of carbonyl (C=O) groups excluding carboxylic acids is 4. The Hall–Kier alpha value is -3.50. The second kappa shape index (κ2) is 12.8. The van der Waals surface area contributed by atoms with E-state index in [1.54, 1.807) is 48.5 Å². The molecule has 0 spiro atoms. The number of aliphatic hydroxyl groups is 2. The van der Waals surface area contributed by atoms with Crippen LogP contribution in [0.5, 0.6) is 0 Å². The van der Waals surface area contributed by atoms with Crippen LogP contribution in [0, 0.1) is 0 Å². The fraction of sp³-hybridized carbons (Fsp3) is 0.286. The Bertz CT molecular complexity index is 1190. The van der Waals surface area contributed by atoms with E-state index >= 15 is 0 Å². The molecule has 8 nitrogen and oxygen atoms in total. The highest BCUT2D eigenvalue weighted by molar-refractivity contribution is 7.98. The maximum Gasteiger partial charge on any atom is 0.306 e. The summed E-state index contributed by atoms with van der Waals surface area (Å²) in [4.78, 5) is 53.4. The van der Waals surface area contributed by atoms with Crippen molar-refractivity contribution in [3.63, 3.8) is 0 Å². The van der Waals surface area contributed by atoms with Gasteiger partial charge in [0.2, 0.25) is 11.6 Å². The Morgan fingerprint density at radius 3 is 1.26 bits per heavy atom. The van der Waals surface area contributed by atoms with Gasteiger partial charge in [-0.3, -0.25) is 19.2 Å². The van der Waals surface area contributed by atoms with E-state index in [4.69, 9.17) is 9.47 Å². The summed E-state index contributed by atoms with van der Waals surface area (Å²) in [6.45, 7) is 0. The van der Waals surface area contributed by atoms with E-state index in [9.17, 15) is 29.4 Å². The zero-order valence-corrected chi connectivity index (χ0v) is 23.0. The minimum atomic E-state index is -1.06. The number of hydrogen-bond acceptors (Lipinski definition) is 10. The summed E-state index contributed by atoms with van der Waals surface area (Å²) in [5.74, 6) is -7.24. The molecule has 2 N–H and O–H groups in total. The third-order valence-corrected chi connectivity index (χ3v) is 7.85. The lowest BCUT2D eigenvalue weighted by Gasteiger charge is -2.27. The van der Waals surface area contributed by atoms with Crippen molar-refractivity contribution in [1.29, 1.82) is 0 Å². The number of Topliss-reactive ketones (excluding diaryl/α,β-unsaturated/α-hetero) is 2. The lowest BCUT2D eigenvalue weighted by Crippen LogP contribution is -2.31. The van der Waals surface area contributed by atoms with Crippen LogP contribution in [-0.4, -0.2) is 60.4 Å². The summed E-state index contributed by atoms with van der Waals surface area (Å²) in [6, 6.07) is 13.8. The third kappa shape index (κ3) is 6.14. The molecular weight excluding hydrogens is 528 g/mol. The van der Waals surface area contributed by atoms with Crippen LogP contribution in [0.15, 0.2) is 81.0 Å². The molecule has 38 heavy (non-hydrogen) atoms. The normalized spacial score (nSPS) is 15.4. The molecule has 200 valence electrons. The molecular formula is C28H28O8S2. The molecule has 0 saturated heterocycles. The van der Waals surface area contributed by atoms with Crippen molar-refractivity contribution >= 4 is 47.0 Å². The smallest absolute Gasteiger partial charge is 0.306 e. The summed E-state index contributed by atoms with van der Waals surface area (Å²) in [5, 5.41) is 22.1. The van der Waals surface area contributed by atoms with E-state index in [2.05, 4.69) is 0 Å². The molecule has 10 heteroatoms. The summed E-state index contributed by atoms with van der Waals surface area (Å²) in [5.41, 5.74) is 0.137. The van der Waals surface area contributed by atoms with Gasteiger partial charge in [-0.25, -0.2) is 0 Å². The van der Waals surface area contributed by atoms with Gasteiger partial charge in [0.15, 0.2) is 11.5 Å². The number of allylic oxidation sites excluding steroid dienone is 2. The van der Waals surface area contributed by atoms with Gasteiger partial charge in [0.1, 0.15) is 0 Å². The van der Waals surface area contributed by atoms with Crippen LogP contribution in [0.25, 0.3) is 0 Å². The average Bonchev–Trinajstić information content (AvgIpc) is 2.95. The van der Waals surface area contributed by atoms with E-state index in [0.717, 1.165) is 9.79 Å². The first-order valence-electron chi connectivity index (χ1n) is 11.5. The number of methoxy groups -OCH3 is 2. The minimum Gasteiger partial charge on any atom is -0.504 e. The monoisotopic (exact) mass is 556 g/mol. The number of benzene rings is 2. The number of ether oxygens (including phenoxy) is 2. The SMILES string of the molecule is COC(=O)C[C@@H](C1=C(O)C(=O)C([C@H](CC(=O)OC)c2ccc(SC)cc2)=C(O)C1=O)c1ccc(SC)cc1.